The summed E-state index contributed by atoms with van der Waals surface area (Å²) in [7, 11) is 0. The molecule has 0 unspecified atom stereocenters. The molecule has 3 aliphatic rings. The zero-order valence-corrected chi connectivity index (χ0v) is 17.4. The molecule has 0 bridgehead atoms. The van der Waals surface area contributed by atoms with E-state index in [0.29, 0.717) is 6.04 Å². The van der Waals surface area contributed by atoms with Gasteiger partial charge in [0, 0.05) is 24.0 Å². The number of rotatable bonds is 6. The van der Waals surface area contributed by atoms with Crippen LogP contribution >= 0.6 is 11.3 Å². The van der Waals surface area contributed by atoms with Crippen LogP contribution < -0.4 is 4.90 Å². The number of ether oxygens (including phenoxy) is 1. The third kappa shape index (κ3) is 3.45. The van der Waals surface area contributed by atoms with Gasteiger partial charge in [-0.3, -0.25) is 4.90 Å². The maximum atomic E-state index is 5.70. The molecule has 0 amide bonds. The van der Waals surface area contributed by atoms with Crippen LogP contribution in [-0.2, 0) is 30.7 Å². The summed E-state index contributed by atoms with van der Waals surface area (Å²) in [6.07, 6.45) is 7.84. The molecule has 0 N–H and O–H groups in total. The minimum Gasteiger partial charge on any atom is -0.467 e. The Morgan fingerprint density at radius 1 is 1.17 bits per heavy atom. The van der Waals surface area contributed by atoms with E-state index in [2.05, 4.69) is 15.9 Å². The molecular weight excluding hydrogens is 384 g/mol. The van der Waals surface area contributed by atoms with Gasteiger partial charge >= 0.3 is 0 Å². The molecule has 0 spiro atoms. The number of hydrogen-bond donors (Lipinski definition) is 0. The van der Waals surface area contributed by atoms with E-state index in [9.17, 15) is 0 Å². The molecule has 7 heteroatoms. The summed E-state index contributed by atoms with van der Waals surface area (Å²) in [6.45, 7) is 5.09. The summed E-state index contributed by atoms with van der Waals surface area (Å²) in [6, 6.07) is 4.61. The van der Waals surface area contributed by atoms with Gasteiger partial charge in [0.25, 0.3) is 0 Å². The molecule has 0 atom stereocenters. The minimum absolute atomic E-state index is 0.561. The average Bonchev–Trinajstić information content (AvgIpc) is 3.11. The lowest BCUT2D eigenvalue weighted by Gasteiger charge is -2.27. The van der Waals surface area contributed by atoms with Crippen molar-refractivity contribution in [2.24, 2.45) is 0 Å². The van der Waals surface area contributed by atoms with Crippen molar-refractivity contribution >= 4 is 27.4 Å². The number of thiophene rings is 1. The lowest BCUT2D eigenvalue weighted by Crippen LogP contribution is -2.36. The Hall–Kier alpha value is -1.96. The molecule has 4 heterocycles. The Kier molecular flexibility index (Phi) is 4.54. The molecule has 1 aliphatic heterocycles. The first-order valence-electron chi connectivity index (χ1n) is 10.8. The van der Waals surface area contributed by atoms with Gasteiger partial charge in [0.15, 0.2) is 0 Å². The van der Waals surface area contributed by atoms with E-state index >= 15 is 0 Å². The number of hydrogen-bond acceptors (Lipinski definition) is 7. The van der Waals surface area contributed by atoms with Gasteiger partial charge in [-0.2, -0.15) is 0 Å². The van der Waals surface area contributed by atoms with E-state index in [1.807, 2.05) is 17.4 Å². The molecule has 1 saturated carbocycles. The van der Waals surface area contributed by atoms with E-state index in [-0.39, 0.29) is 0 Å². The molecule has 6 rings (SSSR count). The Bertz CT molecular complexity index is 1010. The van der Waals surface area contributed by atoms with Crippen LogP contribution in [0.5, 0.6) is 0 Å². The fourth-order valence-electron chi connectivity index (χ4n) is 4.59. The highest BCUT2D eigenvalue weighted by atomic mass is 32.1. The first-order valence-corrected chi connectivity index (χ1v) is 11.6. The van der Waals surface area contributed by atoms with Crippen LogP contribution in [-0.4, -0.2) is 47.2 Å². The summed E-state index contributed by atoms with van der Waals surface area (Å²) in [4.78, 5) is 17.8. The molecule has 2 fully saturated rings. The van der Waals surface area contributed by atoms with Crippen LogP contribution in [0.25, 0.3) is 10.2 Å². The molecule has 152 valence electrons. The number of furan rings is 1. The minimum atomic E-state index is 0.561. The van der Waals surface area contributed by atoms with Gasteiger partial charge in [-0.25, -0.2) is 9.97 Å². The summed E-state index contributed by atoms with van der Waals surface area (Å²) < 4.78 is 11.2. The average molecular weight is 411 g/mol. The molecule has 1 saturated heterocycles. The maximum absolute atomic E-state index is 5.70. The van der Waals surface area contributed by atoms with E-state index in [0.717, 1.165) is 63.2 Å². The summed E-state index contributed by atoms with van der Waals surface area (Å²) in [5, 5.41) is 1.31. The third-order valence-corrected chi connectivity index (χ3v) is 7.41. The first kappa shape index (κ1) is 17.9. The van der Waals surface area contributed by atoms with Gasteiger partial charge in [-0.15, -0.1) is 11.3 Å². The highest BCUT2D eigenvalue weighted by Crippen LogP contribution is 2.43. The summed E-state index contributed by atoms with van der Waals surface area (Å²) in [5.41, 5.74) is 1.50. The van der Waals surface area contributed by atoms with E-state index in [1.165, 1.54) is 46.3 Å². The second-order valence-corrected chi connectivity index (χ2v) is 9.41. The van der Waals surface area contributed by atoms with Crippen molar-refractivity contribution in [1.29, 1.82) is 0 Å². The number of aromatic nitrogens is 2. The third-order valence-electron chi connectivity index (χ3n) is 6.23. The Morgan fingerprint density at radius 2 is 2.07 bits per heavy atom. The van der Waals surface area contributed by atoms with Gasteiger partial charge in [0.05, 0.1) is 38.0 Å². The van der Waals surface area contributed by atoms with Crippen LogP contribution in [0.4, 0.5) is 5.82 Å². The number of morpholine rings is 1. The van der Waals surface area contributed by atoms with Crippen molar-refractivity contribution in [3.05, 3.63) is 40.4 Å². The highest BCUT2D eigenvalue weighted by molar-refractivity contribution is 7.19. The number of fused-ring (bicyclic) bond motifs is 3. The normalized spacial score (nSPS) is 19.7. The summed E-state index contributed by atoms with van der Waals surface area (Å²) in [5.74, 6) is 3.08. The predicted molar refractivity (Wildman–Crippen MR) is 113 cm³/mol. The summed E-state index contributed by atoms with van der Waals surface area (Å²) >= 11 is 1.89. The fraction of sp³-hybridized carbons (Fsp3) is 0.545. The molecule has 3 aromatic heterocycles. The van der Waals surface area contributed by atoms with Crippen molar-refractivity contribution in [2.75, 3.05) is 31.2 Å². The maximum Gasteiger partial charge on any atom is 0.146 e. The van der Waals surface area contributed by atoms with Crippen molar-refractivity contribution in [3.8, 4) is 0 Å². The predicted octanol–water partition coefficient (Wildman–Crippen LogP) is 3.77. The zero-order chi connectivity index (χ0) is 19.2. The number of anilines is 1. The second-order valence-electron chi connectivity index (χ2n) is 8.33. The van der Waals surface area contributed by atoms with Gasteiger partial charge in [-0.05, 0) is 49.8 Å². The Labute approximate surface area is 174 Å². The topological polar surface area (TPSA) is 54.6 Å². The fourth-order valence-corrected chi connectivity index (χ4v) is 5.87. The number of nitrogens with zero attached hydrogens (tertiary/aromatic N) is 4. The van der Waals surface area contributed by atoms with Gasteiger partial charge in [0.1, 0.15) is 22.2 Å². The molecule has 2 aliphatic carbocycles. The van der Waals surface area contributed by atoms with Crippen LogP contribution in [0, 0.1) is 0 Å². The monoisotopic (exact) mass is 410 g/mol. The lowest BCUT2D eigenvalue weighted by atomic mass is 10.1. The first-order chi connectivity index (χ1) is 14.3. The largest absolute Gasteiger partial charge is 0.467 e. The van der Waals surface area contributed by atoms with Crippen LogP contribution in [0.15, 0.2) is 22.8 Å². The highest BCUT2D eigenvalue weighted by Gasteiger charge is 2.34. The van der Waals surface area contributed by atoms with Gasteiger partial charge in [-0.1, -0.05) is 0 Å². The van der Waals surface area contributed by atoms with E-state index in [4.69, 9.17) is 19.1 Å². The molecular formula is C22H26N4O2S. The standard InChI is InChI=1S/C22H26N4O2S/c1-4-17-18(5-1)29-22-20(17)21(23-19(24-22)14-25-8-11-27-12-9-25)26(15-6-7-15)13-16-3-2-10-28-16/h2-3,10,15H,1,4-9,11-14H2. The molecule has 29 heavy (non-hydrogen) atoms. The molecule has 6 nitrogen and oxygen atoms in total. The molecule has 3 aromatic rings. The van der Waals surface area contributed by atoms with Crippen LogP contribution in [0.1, 0.15) is 41.3 Å². The smallest absolute Gasteiger partial charge is 0.146 e. The van der Waals surface area contributed by atoms with Crippen molar-refractivity contribution in [3.63, 3.8) is 0 Å². The number of aryl methyl sites for hydroxylation is 2. The molecule has 0 radical (unpaired) electrons. The van der Waals surface area contributed by atoms with Crippen LogP contribution in [0.2, 0.25) is 0 Å². The van der Waals surface area contributed by atoms with Gasteiger partial charge < -0.3 is 14.1 Å². The van der Waals surface area contributed by atoms with Crippen molar-refractivity contribution < 1.29 is 9.15 Å². The molecule has 0 aromatic carbocycles. The Morgan fingerprint density at radius 3 is 2.86 bits per heavy atom. The SMILES string of the molecule is c1coc(CN(c2nc(CN3CCOCC3)nc3sc4c(c23)CCC4)C2CC2)c1. The lowest BCUT2D eigenvalue weighted by molar-refractivity contribution is 0.0331. The van der Waals surface area contributed by atoms with Crippen molar-refractivity contribution in [1.82, 2.24) is 14.9 Å². The zero-order valence-electron chi connectivity index (χ0n) is 16.6. The second kappa shape index (κ2) is 7.38. The van der Waals surface area contributed by atoms with E-state index in [1.54, 1.807) is 6.26 Å². The Balaban J connectivity index is 1.43. The van der Waals surface area contributed by atoms with E-state index < -0.39 is 0 Å². The van der Waals surface area contributed by atoms with Crippen molar-refractivity contribution in [2.45, 2.75) is 51.2 Å². The van der Waals surface area contributed by atoms with Gasteiger partial charge in [0.2, 0.25) is 0 Å². The quantitative estimate of drug-likeness (QED) is 0.617. The van der Waals surface area contributed by atoms with Crippen LogP contribution in [0.3, 0.4) is 0 Å².